The molecule has 4 rings (SSSR count). The van der Waals surface area contributed by atoms with Gasteiger partial charge in [-0.2, -0.15) is 0 Å². The van der Waals surface area contributed by atoms with Gasteiger partial charge in [0.25, 0.3) is 0 Å². The van der Waals surface area contributed by atoms with E-state index in [0.29, 0.717) is 36.8 Å². The van der Waals surface area contributed by atoms with E-state index in [2.05, 4.69) is 0 Å². The summed E-state index contributed by atoms with van der Waals surface area (Å²) in [5, 5.41) is 9.41. The molecule has 1 aromatic carbocycles. The molecule has 0 fully saturated rings. The molecule has 0 radical (unpaired) electrons. The smallest absolute Gasteiger partial charge is 0.341 e. The molecule has 2 aromatic rings. The number of methoxy groups -OCH3 is 2. The van der Waals surface area contributed by atoms with Crippen molar-refractivity contribution in [1.82, 2.24) is 4.57 Å². The first-order valence-electron chi connectivity index (χ1n) is 9.74. The minimum atomic E-state index is -1.23. The van der Waals surface area contributed by atoms with E-state index in [1.54, 1.807) is 14.2 Å². The quantitative estimate of drug-likeness (QED) is 0.674. The minimum absolute atomic E-state index is 0.0917. The lowest BCUT2D eigenvalue weighted by molar-refractivity contribution is 0.0694. The van der Waals surface area contributed by atoms with Gasteiger partial charge in [-0.1, -0.05) is 18.2 Å². The summed E-state index contributed by atoms with van der Waals surface area (Å²) in [5.41, 5.74) is 2.86. The summed E-state index contributed by atoms with van der Waals surface area (Å²) in [5.74, 6) is -0.0220. The van der Waals surface area contributed by atoms with E-state index in [1.165, 1.54) is 12.3 Å². The van der Waals surface area contributed by atoms with Gasteiger partial charge >= 0.3 is 5.97 Å². The second-order valence-electron chi connectivity index (χ2n) is 7.25. The SMILES string of the molecule is COCCCOc1cc2c(cc1OC)-c1cc(=O)c(C(=O)O)cn1C(C1=CC=C1)C2. The van der Waals surface area contributed by atoms with Gasteiger partial charge in [0.15, 0.2) is 16.9 Å². The average molecular weight is 409 g/mol. The highest BCUT2D eigenvalue weighted by Gasteiger charge is 2.29. The molecule has 156 valence electrons. The predicted molar refractivity (Wildman–Crippen MR) is 112 cm³/mol. The van der Waals surface area contributed by atoms with Crippen molar-refractivity contribution in [3.05, 3.63) is 69.5 Å². The number of hydrogen-bond acceptors (Lipinski definition) is 5. The van der Waals surface area contributed by atoms with Gasteiger partial charge in [0.1, 0.15) is 5.56 Å². The van der Waals surface area contributed by atoms with Crippen LogP contribution in [-0.4, -0.2) is 43.1 Å². The topological polar surface area (TPSA) is 87.0 Å². The van der Waals surface area contributed by atoms with Crippen LogP contribution < -0.4 is 14.9 Å². The standard InChI is InChI=1S/C23H23NO6/c1-28-7-4-8-30-22-10-15-9-18(14-5-3-6-14)24-13-17(23(26)27)20(25)12-19(24)16(15)11-21(22)29-2/h3,5-6,10-13,18H,4,7-9H2,1-2H3,(H,26,27). The molecule has 1 aliphatic carbocycles. The van der Waals surface area contributed by atoms with Crippen LogP contribution in [0.1, 0.15) is 28.4 Å². The maximum atomic E-state index is 12.4. The molecule has 1 aliphatic heterocycles. The summed E-state index contributed by atoms with van der Waals surface area (Å²) in [4.78, 5) is 24.0. The molecular formula is C23H23NO6. The van der Waals surface area contributed by atoms with Gasteiger partial charge in [-0.15, -0.1) is 0 Å². The van der Waals surface area contributed by atoms with Crippen LogP contribution in [-0.2, 0) is 11.2 Å². The van der Waals surface area contributed by atoms with Gasteiger partial charge in [-0.05, 0) is 29.7 Å². The fourth-order valence-electron chi connectivity index (χ4n) is 3.87. The van der Waals surface area contributed by atoms with Crippen LogP contribution in [0, 0.1) is 0 Å². The Morgan fingerprint density at radius 3 is 2.63 bits per heavy atom. The Bertz CT molecular complexity index is 1110. The molecule has 7 nitrogen and oxygen atoms in total. The van der Waals surface area contributed by atoms with Crippen LogP contribution in [0.3, 0.4) is 0 Å². The first-order valence-corrected chi connectivity index (χ1v) is 9.74. The molecule has 1 atom stereocenters. The third kappa shape index (κ3) is 3.52. The highest BCUT2D eigenvalue weighted by molar-refractivity contribution is 5.88. The van der Waals surface area contributed by atoms with Crippen LogP contribution in [0.15, 0.2) is 53.0 Å². The zero-order valence-corrected chi connectivity index (χ0v) is 16.9. The number of fused-ring (bicyclic) bond motifs is 3. The van der Waals surface area contributed by atoms with Crippen LogP contribution in [0.2, 0.25) is 0 Å². The van der Waals surface area contributed by atoms with Gasteiger partial charge in [-0.3, -0.25) is 4.79 Å². The van der Waals surface area contributed by atoms with Gasteiger partial charge in [0.2, 0.25) is 0 Å². The van der Waals surface area contributed by atoms with Gasteiger partial charge in [-0.25, -0.2) is 4.79 Å². The van der Waals surface area contributed by atoms with Gasteiger partial charge in [0, 0.05) is 38.0 Å². The number of aromatic carboxylic acids is 1. The number of rotatable bonds is 8. The normalized spacial score (nSPS) is 16.2. The Hall–Kier alpha value is -3.32. The van der Waals surface area contributed by atoms with E-state index in [1.807, 2.05) is 34.9 Å². The second-order valence-corrected chi connectivity index (χ2v) is 7.25. The number of carboxylic acid groups (broad SMARTS) is 1. The van der Waals surface area contributed by atoms with Crippen LogP contribution in [0.5, 0.6) is 11.5 Å². The molecule has 0 bridgehead atoms. The van der Waals surface area contributed by atoms with Crippen molar-refractivity contribution in [3.63, 3.8) is 0 Å². The second kappa shape index (κ2) is 8.20. The van der Waals surface area contributed by atoms with Crippen molar-refractivity contribution in [2.45, 2.75) is 18.9 Å². The van der Waals surface area contributed by atoms with Crippen molar-refractivity contribution in [2.24, 2.45) is 0 Å². The third-order valence-corrected chi connectivity index (χ3v) is 5.44. The summed E-state index contributed by atoms with van der Waals surface area (Å²) in [7, 11) is 3.22. The van der Waals surface area contributed by atoms with E-state index >= 15 is 0 Å². The molecule has 1 aromatic heterocycles. The molecule has 2 heterocycles. The van der Waals surface area contributed by atoms with Crippen molar-refractivity contribution >= 4 is 5.97 Å². The van der Waals surface area contributed by atoms with Crippen molar-refractivity contribution in [2.75, 3.05) is 27.4 Å². The Balaban J connectivity index is 1.81. The summed E-state index contributed by atoms with van der Waals surface area (Å²) < 4.78 is 18.4. The average Bonchev–Trinajstić information content (AvgIpc) is 2.69. The number of allylic oxidation sites excluding steroid dienone is 4. The zero-order chi connectivity index (χ0) is 21.3. The summed E-state index contributed by atoms with van der Waals surface area (Å²) in [6.07, 6.45) is 8.81. The highest BCUT2D eigenvalue weighted by Crippen LogP contribution is 2.43. The number of benzene rings is 1. The summed E-state index contributed by atoms with van der Waals surface area (Å²) in [6.45, 7) is 1.11. The Labute approximate surface area is 173 Å². The monoisotopic (exact) mass is 409 g/mol. The molecule has 2 aliphatic rings. The van der Waals surface area contributed by atoms with E-state index in [4.69, 9.17) is 14.2 Å². The Morgan fingerprint density at radius 1 is 1.20 bits per heavy atom. The lowest BCUT2D eigenvalue weighted by Crippen LogP contribution is -2.27. The largest absolute Gasteiger partial charge is 0.493 e. The first kappa shape index (κ1) is 20.0. The highest BCUT2D eigenvalue weighted by atomic mass is 16.5. The van der Waals surface area contributed by atoms with Crippen molar-refractivity contribution < 1.29 is 24.1 Å². The zero-order valence-electron chi connectivity index (χ0n) is 16.9. The Morgan fingerprint density at radius 2 is 2.00 bits per heavy atom. The maximum Gasteiger partial charge on any atom is 0.341 e. The molecule has 0 spiro atoms. The molecule has 1 N–H and O–H groups in total. The van der Waals surface area contributed by atoms with E-state index in [9.17, 15) is 14.7 Å². The van der Waals surface area contributed by atoms with Crippen LogP contribution in [0.25, 0.3) is 11.3 Å². The first-order chi connectivity index (χ1) is 14.5. The van der Waals surface area contributed by atoms with Crippen LogP contribution in [0.4, 0.5) is 0 Å². The fraction of sp³-hybridized carbons (Fsp3) is 0.304. The summed E-state index contributed by atoms with van der Waals surface area (Å²) in [6, 6.07) is 5.12. The van der Waals surface area contributed by atoms with E-state index in [-0.39, 0.29) is 11.6 Å². The lowest BCUT2D eigenvalue weighted by atomic mass is 9.86. The predicted octanol–water partition coefficient (Wildman–Crippen LogP) is 3.23. The maximum absolute atomic E-state index is 12.4. The number of carbonyl (C=O) groups is 1. The lowest BCUT2D eigenvalue weighted by Gasteiger charge is -2.33. The number of aromatic nitrogens is 1. The number of carboxylic acids is 1. The van der Waals surface area contributed by atoms with Crippen molar-refractivity contribution in [3.8, 4) is 22.8 Å². The molecule has 0 amide bonds. The Kier molecular flexibility index (Phi) is 5.46. The van der Waals surface area contributed by atoms with Crippen LogP contribution >= 0.6 is 0 Å². The third-order valence-electron chi connectivity index (χ3n) is 5.44. The molecule has 1 unspecified atom stereocenters. The van der Waals surface area contributed by atoms with Crippen molar-refractivity contribution in [1.29, 1.82) is 0 Å². The molecule has 7 heteroatoms. The minimum Gasteiger partial charge on any atom is -0.493 e. The number of nitrogens with zero attached hydrogens (tertiary/aromatic N) is 1. The van der Waals surface area contributed by atoms with E-state index < -0.39 is 11.4 Å². The number of pyridine rings is 1. The molecule has 30 heavy (non-hydrogen) atoms. The number of hydrogen-bond donors (Lipinski definition) is 1. The molecule has 0 saturated carbocycles. The number of ether oxygens (including phenoxy) is 3. The summed E-state index contributed by atoms with van der Waals surface area (Å²) >= 11 is 0. The fourth-order valence-corrected chi connectivity index (χ4v) is 3.87. The van der Waals surface area contributed by atoms with Gasteiger partial charge < -0.3 is 23.9 Å². The molecule has 0 saturated heterocycles. The molecular weight excluding hydrogens is 386 g/mol. The van der Waals surface area contributed by atoms with E-state index in [0.717, 1.165) is 23.1 Å². The van der Waals surface area contributed by atoms with Gasteiger partial charge in [0.05, 0.1) is 25.5 Å².